The summed E-state index contributed by atoms with van der Waals surface area (Å²) in [6.45, 7) is 1.05. The van der Waals surface area contributed by atoms with Gasteiger partial charge in [0.2, 0.25) is 0 Å². The molecule has 0 aliphatic heterocycles. The monoisotopic (exact) mass is 188 g/mol. The summed E-state index contributed by atoms with van der Waals surface area (Å²) in [6, 6.07) is 0. The van der Waals surface area contributed by atoms with Crippen LogP contribution in [0.3, 0.4) is 0 Å². The second-order valence-corrected chi connectivity index (χ2v) is 2.62. The van der Waals surface area contributed by atoms with E-state index in [4.69, 9.17) is 16.3 Å². The van der Waals surface area contributed by atoms with Gasteiger partial charge in [0.25, 0.3) is 0 Å². The van der Waals surface area contributed by atoms with Gasteiger partial charge in [-0.2, -0.15) is 5.10 Å². The van der Waals surface area contributed by atoms with Crippen LogP contribution in [0, 0.1) is 0 Å². The Morgan fingerprint density at radius 3 is 3.17 bits per heavy atom. The van der Waals surface area contributed by atoms with Crippen molar-refractivity contribution in [1.29, 1.82) is 0 Å². The van der Waals surface area contributed by atoms with E-state index >= 15 is 0 Å². The number of methoxy groups -OCH3 is 1. The van der Waals surface area contributed by atoms with Crippen molar-refractivity contribution in [2.75, 3.05) is 13.7 Å². The van der Waals surface area contributed by atoms with E-state index in [1.54, 1.807) is 7.11 Å². The fourth-order valence-corrected chi connectivity index (χ4v) is 1.03. The van der Waals surface area contributed by atoms with E-state index in [9.17, 15) is 4.79 Å². The van der Waals surface area contributed by atoms with Crippen molar-refractivity contribution in [3.8, 4) is 0 Å². The number of rotatable bonds is 4. The Kier molecular flexibility index (Phi) is 3.25. The van der Waals surface area contributed by atoms with Crippen LogP contribution < -0.4 is 0 Å². The average molecular weight is 189 g/mol. The van der Waals surface area contributed by atoms with Crippen LogP contribution in [0.2, 0.25) is 5.02 Å². The maximum atomic E-state index is 10.5. The minimum absolute atomic E-state index is 0.376. The first kappa shape index (κ1) is 9.22. The van der Waals surface area contributed by atoms with Gasteiger partial charge in [0.05, 0.1) is 24.4 Å². The van der Waals surface area contributed by atoms with Crippen LogP contribution in [0.15, 0.2) is 6.20 Å². The summed E-state index contributed by atoms with van der Waals surface area (Å²) in [5, 5.41) is 4.27. The van der Waals surface area contributed by atoms with Gasteiger partial charge in [-0.3, -0.25) is 9.48 Å². The Morgan fingerprint density at radius 1 is 1.83 bits per heavy atom. The third kappa shape index (κ3) is 1.84. The summed E-state index contributed by atoms with van der Waals surface area (Å²) >= 11 is 5.67. The first-order chi connectivity index (χ1) is 5.79. The normalized spacial score (nSPS) is 10.2. The highest BCUT2D eigenvalue weighted by atomic mass is 35.5. The van der Waals surface area contributed by atoms with Crippen LogP contribution in [-0.2, 0) is 11.3 Å². The molecule has 0 aliphatic carbocycles. The summed E-state index contributed by atoms with van der Waals surface area (Å²) in [6.07, 6.45) is 2.13. The van der Waals surface area contributed by atoms with Gasteiger partial charge < -0.3 is 4.74 Å². The molecule has 0 bridgehead atoms. The van der Waals surface area contributed by atoms with Gasteiger partial charge in [0, 0.05) is 7.11 Å². The van der Waals surface area contributed by atoms with Crippen molar-refractivity contribution in [1.82, 2.24) is 9.78 Å². The van der Waals surface area contributed by atoms with Gasteiger partial charge in [0.1, 0.15) is 5.69 Å². The quantitative estimate of drug-likeness (QED) is 0.662. The van der Waals surface area contributed by atoms with E-state index in [2.05, 4.69) is 5.10 Å². The van der Waals surface area contributed by atoms with Crippen molar-refractivity contribution in [2.45, 2.75) is 6.54 Å². The Bertz CT molecular complexity index is 272. The van der Waals surface area contributed by atoms with E-state index in [0.717, 1.165) is 0 Å². The lowest BCUT2D eigenvalue weighted by Crippen LogP contribution is -2.08. The summed E-state index contributed by atoms with van der Waals surface area (Å²) in [5.74, 6) is 0. The fourth-order valence-electron chi connectivity index (χ4n) is 0.845. The molecule has 0 fully saturated rings. The Labute approximate surface area is 75.1 Å². The van der Waals surface area contributed by atoms with Crippen LogP contribution in [0.4, 0.5) is 0 Å². The van der Waals surface area contributed by atoms with E-state index in [0.29, 0.717) is 30.2 Å². The second-order valence-electron chi connectivity index (χ2n) is 2.21. The van der Waals surface area contributed by atoms with Gasteiger partial charge in [-0.15, -0.1) is 0 Å². The summed E-state index contributed by atoms with van der Waals surface area (Å²) in [5.41, 5.74) is 0.397. The van der Waals surface area contributed by atoms with Gasteiger partial charge in [0.15, 0.2) is 6.29 Å². The average Bonchev–Trinajstić information content (AvgIpc) is 2.43. The van der Waals surface area contributed by atoms with Crippen LogP contribution in [0.25, 0.3) is 0 Å². The smallest absolute Gasteiger partial charge is 0.169 e. The zero-order valence-electron chi connectivity index (χ0n) is 6.66. The molecule has 0 radical (unpaired) electrons. The fraction of sp³-hybridized carbons (Fsp3) is 0.429. The van der Waals surface area contributed by atoms with Crippen molar-refractivity contribution in [2.24, 2.45) is 0 Å². The molecule has 0 N–H and O–H groups in total. The summed E-state index contributed by atoms with van der Waals surface area (Å²) in [7, 11) is 1.59. The largest absolute Gasteiger partial charge is 0.383 e. The Morgan fingerprint density at radius 2 is 2.58 bits per heavy atom. The maximum absolute atomic E-state index is 10.5. The topological polar surface area (TPSA) is 44.1 Å². The first-order valence-corrected chi connectivity index (χ1v) is 3.82. The van der Waals surface area contributed by atoms with Crippen molar-refractivity contribution in [3.05, 3.63) is 16.9 Å². The highest BCUT2D eigenvalue weighted by Crippen LogP contribution is 2.11. The molecule has 66 valence electrons. The predicted octanol–water partition coefficient (Wildman–Crippen LogP) is 0.995. The van der Waals surface area contributed by atoms with Crippen LogP contribution in [0.1, 0.15) is 10.5 Å². The number of nitrogens with zero attached hydrogens (tertiary/aromatic N) is 2. The lowest BCUT2D eigenvalue weighted by molar-refractivity contribution is 0.111. The molecule has 0 saturated carbocycles. The molecule has 0 unspecified atom stereocenters. The number of carbonyl (C=O) groups is 1. The number of aldehydes is 1. The molecular weight excluding hydrogens is 180 g/mol. The van der Waals surface area contributed by atoms with Crippen molar-refractivity contribution in [3.63, 3.8) is 0 Å². The highest BCUT2D eigenvalue weighted by Gasteiger charge is 2.06. The summed E-state index contributed by atoms with van der Waals surface area (Å²) < 4.78 is 6.35. The number of aromatic nitrogens is 2. The number of ether oxygens (including phenoxy) is 1. The standard InChI is InChI=1S/C7H9ClN2O2/c1-12-3-2-10-7(5-11)6(8)4-9-10/h4-5H,2-3H2,1H3. The summed E-state index contributed by atoms with van der Waals surface area (Å²) in [4.78, 5) is 10.5. The maximum Gasteiger partial charge on any atom is 0.169 e. The van der Waals surface area contributed by atoms with Crippen molar-refractivity contribution < 1.29 is 9.53 Å². The lowest BCUT2D eigenvalue weighted by Gasteiger charge is -2.01. The molecule has 1 heterocycles. The molecule has 4 nitrogen and oxygen atoms in total. The molecule has 12 heavy (non-hydrogen) atoms. The molecule has 1 aromatic heterocycles. The van der Waals surface area contributed by atoms with Crippen LogP contribution >= 0.6 is 11.6 Å². The molecule has 0 spiro atoms. The number of halogens is 1. The van der Waals surface area contributed by atoms with Crippen molar-refractivity contribution >= 4 is 17.9 Å². The SMILES string of the molecule is COCCn1ncc(Cl)c1C=O. The molecular formula is C7H9ClN2O2. The zero-order chi connectivity index (χ0) is 8.97. The third-order valence-electron chi connectivity index (χ3n) is 1.45. The van der Waals surface area contributed by atoms with E-state index in [-0.39, 0.29) is 0 Å². The number of hydrogen-bond acceptors (Lipinski definition) is 3. The molecule has 1 rings (SSSR count). The minimum atomic E-state index is 0.376. The third-order valence-corrected chi connectivity index (χ3v) is 1.74. The Balaban J connectivity index is 2.77. The Hall–Kier alpha value is -0.870. The zero-order valence-corrected chi connectivity index (χ0v) is 7.41. The van der Waals surface area contributed by atoms with E-state index in [1.165, 1.54) is 10.9 Å². The number of carbonyl (C=O) groups excluding carboxylic acids is 1. The molecule has 0 aliphatic rings. The molecule has 0 aromatic carbocycles. The highest BCUT2D eigenvalue weighted by molar-refractivity contribution is 6.32. The minimum Gasteiger partial charge on any atom is -0.383 e. The van der Waals surface area contributed by atoms with Gasteiger partial charge in [-0.1, -0.05) is 11.6 Å². The van der Waals surface area contributed by atoms with Gasteiger partial charge in [-0.25, -0.2) is 0 Å². The van der Waals surface area contributed by atoms with Crippen LogP contribution in [0.5, 0.6) is 0 Å². The lowest BCUT2D eigenvalue weighted by atomic mass is 10.4. The molecule has 5 heteroatoms. The van der Waals surface area contributed by atoms with E-state index in [1.807, 2.05) is 0 Å². The number of hydrogen-bond donors (Lipinski definition) is 0. The van der Waals surface area contributed by atoms with Gasteiger partial charge >= 0.3 is 0 Å². The first-order valence-electron chi connectivity index (χ1n) is 3.45. The predicted molar refractivity (Wildman–Crippen MR) is 44.5 cm³/mol. The van der Waals surface area contributed by atoms with E-state index < -0.39 is 0 Å². The molecule has 0 saturated heterocycles. The van der Waals surface area contributed by atoms with Crippen LogP contribution in [-0.4, -0.2) is 29.8 Å². The second kappa shape index (κ2) is 4.23. The molecule has 1 aromatic rings. The molecule has 0 atom stereocenters. The molecule has 0 amide bonds. The van der Waals surface area contributed by atoms with Gasteiger partial charge in [-0.05, 0) is 0 Å².